The Morgan fingerprint density at radius 1 is 1.43 bits per heavy atom. The molecule has 14 heavy (non-hydrogen) atoms. The quantitative estimate of drug-likeness (QED) is 0.719. The van der Waals surface area contributed by atoms with Crippen molar-refractivity contribution >= 4 is 29.4 Å². The fourth-order valence-corrected chi connectivity index (χ4v) is 0.811. The van der Waals surface area contributed by atoms with Crippen LogP contribution in [-0.4, -0.2) is 22.8 Å². The van der Waals surface area contributed by atoms with Crippen LogP contribution in [0, 0.1) is 0 Å². The van der Waals surface area contributed by atoms with E-state index in [1.165, 1.54) is 6.20 Å². The summed E-state index contributed by atoms with van der Waals surface area (Å²) in [5.41, 5.74) is 0. The number of imide groups is 1. The second-order valence-corrected chi connectivity index (χ2v) is 2.62. The Hall–Kier alpha value is -1.62. The molecule has 1 rings (SSSR count). The van der Waals surface area contributed by atoms with Crippen molar-refractivity contribution in [1.29, 1.82) is 0 Å². The van der Waals surface area contributed by atoms with Gasteiger partial charge in [0.25, 0.3) is 0 Å². The number of carbonyl (C=O) groups excluding carboxylic acids is 2. The fraction of sp³-hybridized carbons (Fsp3) is 0.125. The summed E-state index contributed by atoms with van der Waals surface area (Å²) < 4.78 is 0. The molecule has 1 aromatic heterocycles. The molecule has 0 saturated heterocycles. The largest absolute Gasteiger partial charge is 0.327 e. The highest BCUT2D eigenvalue weighted by Gasteiger charge is 2.05. The van der Waals surface area contributed by atoms with E-state index in [0.717, 1.165) is 0 Å². The molecule has 0 aliphatic heterocycles. The van der Waals surface area contributed by atoms with E-state index >= 15 is 0 Å². The first-order valence-corrected chi connectivity index (χ1v) is 4.33. The van der Waals surface area contributed by atoms with Gasteiger partial charge in [-0.15, -0.1) is 11.6 Å². The lowest BCUT2D eigenvalue weighted by atomic mass is 10.5. The Morgan fingerprint density at radius 3 is 2.79 bits per heavy atom. The lowest BCUT2D eigenvalue weighted by Crippen LogP contribution is -2.35. The van der Waals surface area contributed by atoms with E-state index in [2.05, 4.69) is 10.3 Å². The molecule has 1 aromatic rings. The van der Waals surface area contributed by atoms with Crippen molar-refractivity contribution in [3.8, 4) is 0 Å². The third-order valence-corrected chi connectivity index (χ3v) is 1.52. The summed E-state index contributed by atoms with van der Waals surface area (Å²) in [6.07, 6.45) is 1.53. The van der Waals surface area contributed by atoms with Gasteiger partial charge in [0.1, 0.15) is 11.7 Å². The topological polar surface area (TPSA) is 71.1 Å². The van der Waals surface area contributed by atoms with E-state index in [9.17, 15) is 9.59 Å². The van der Waals surface area contributed by atoms with Crippen molar-refractivity contribution in [1.82, 2.24) is 10.3 Å². The number of pyridine rings is 1. The second-order valence-electron chi connectivity index (χ2n) is 2.35. The van der Waals surface area contributed by atoms with Crippen LogP contribution in [-0.2, 0) is 4.79 Å². The molecule has 0 bridgehead atoms. The van der Waals surface area contributed by atoms with Crippen molar-refractivity contribution in [2.45, 2.75) is 0 Å². The summed E-state index contributed by atoms with van der Waals surface area (Å²) in [4.78, 5) is 25.6. The zero-order valence-electron chi connectivity index (χ0n) is 7.16. The smallest absolute Gasteiger partial charge is 0.292 e. The van der Waals surface area contributed by atoms with Gasteiger partial charge in [-0.25, -0.2) is 9.78 Å². The Morgan fingerprint density at radius 2 is 2.21 bits per heavy atom. The van der Waals surface area contributed by atoms with Gasteiger partial charge in [0.2, 0.25) is 5.91 Å². The predicted molar refractivity (Wildman–Crippen MR) is 52.1 cm³/mol. The minimum absolute atomic E-state index is 0.254. The van der Waals surface area contributed by atoms with E-state index < -0.39 is 11.9 Å². The van der Waals surface area contributed by atoms with Crippen LogP contribution in [0.3, 0.4) is 0 Å². The maximum absolute atomic E-state index is 11.0. The molecular weight excluding hydrogens is 206 g/mol. The maximum Gasteiger partial charge on any atom is 0.327 e. The van der Waals surface area contributed by atoms with Crippen molar-refractivity contribution in [3.63, 3.8) is 0 Å². The number of nitrogens with one attached hydrogen (secondary N) is 2. The summed E-state index contributed by atoms with van der Waals surface area (Å²) in [7, 11) is 0. The normalized spacial score (nSPS) is 9.21. The summed E-state index contributed by atoms with van der Waals surface area (Å²) >= 11 is 5.19. The van der Waals surface area contributed by atoms with Gasteiger partial charge < -0.3 is 0 Å². The van der Waals surface area contributed by atoms with Gasteiger partial charge in [-0.3, -0.25) is 15.4 Å². The standard InChI is InChI=1S/C8H8ClN3O2/c9-5-7(13)12-8(14)11-6-3-1-2-4-10-6/h1-4H,5H2,(H2,10,11,12,13,14). The predicted octanol–water partition coefficient (Wildman–Crippen LogP) is 0.968. The SMILES string of the molecule is O=C(CCl)NC(=O)Nc1ccccn1. The summed E-state index contributed by atoms with van der Waals surface area (Å²) in [6, 6.07) is 4.39. The maximum atomic E-state index is 11.0. The molecule has 5 nitrogen and oxygen atoms in total. The van der Waals surface area contributed by atoms with Gasteiger partial charge in [-0.05, 0) is 12.1 Å². The Labute approximate surface area is 85.5 Å². The van der Waals surface area contributed by atoms with Gasteiger partial charge in [-0.1, -0.05) is 6.07 Å². The number of anilines is 1. The number of nitrogens with zero attached hydrogens (tertiary/aromatic N) is 1. The third-order valence-electron chi connectivity index (χ3n) is 1.28. The zero-order valence-corrected chi connectivity index (χ0v) is 7.91. The van der Waals surface area contributed by atoms with E-state index in [-0.39, 0.29) is 5.88 Å². The highest BCUT2D eigenvalue weighted by Crippen LogP contribution is 1.98. The van der Waals surface area contributed by atoms with Crippen LogP contribution in [0.2, 0.25) is 0 Å². The van der Waals surface area contributed by atoms with Crippen LogP contribution in [0.15, 0.2) is 24.4 Å². The summed E-state index contributed by atoms with van der Waals surface area (Å²) in [5.74, 6) is -0.442. The van der Waals surface area contributed by atoms with Crippen LogP contribution in [0.25, 0.3) is 0 Å². The van der Waals surface area contributed by atoms with E-state index in [4.69, 9.17) is 11.6 Å². The molecule has 0 aromatic carbocycles. The van der Waals surface area contributed by atoms with Crippen molar-refractivity contribution in [3.05, 3.63) is 24.4 Å². The zero-order chi connectivity index (χ0) is 10.4. The number of rotatable bonds is 2. The Balaban J connectivity index is 2.46. The number of alkyl halides is 1. The van der Waals surface area contributed by atoms with Gasteiger partial charge in [0, 0.05) is 6.20 Å². The molecule has 1 heterocycles. The molecule has 0 spiro atoms. The van der Waals surface area contributed by atoms with Crippen LogP contribution in [0.1, 0.15) is 0 Å². The van der Waals surface area contributed by atoms with Gasteiger partial charge in [0.05, 0.1) is 0 Å². The molecule has 0 radical (unpaired) electrons. The molecule has 0 fully saturated rings. The van der Waals surface area contributed by atoms with Crippen molar-refractivity contribution in [2.75, 3.05) is 11.2 Å². The van der Waals surface area contributed by atoms with Crippen molar-refractivity contribution in [2.24, 2.45) is 0 Å². The molecular formula is C8H8ClN3O2. The van der Waals surface area contributed by atoms with Crippen LogP contribution in [0.4, 0.5) is 10.6 Å². The summed E-state index contributed by atoms with van der Waals surface area (Å²) in [6.45, 7) is 0. The number of halogens is 1. The van der Waals surface area contributed by atoms with E-state index in [1.54, 1.807) is 18.2 Å². The molecule has 3 amide bonds. The highest BCUT2D eigenvalue weighted by molar-refractivity contribution is 6.28. The Kier molecular flexibility index (Phi) is 3.87. The number of amides is 3. The number of urea groups is 1. The third kappa shape index (κ3) is 3.40. The lowest BCUT2D eigenvalue weighted by Gasteiger charge is -2.03. The molecule has 2 N–H and O–H groups in total. The first-order chi connectivity index (χ1) is 6.72. The molecule has 0 aliphatic rings. The molecule has 74 valence electrons. The average Bonchev–Trinajstić information content (AvgIpc) is 2.19. The first kappa shape index (κ1) is 10.5. The molecule has 0 saturated carbocycles. The van der Waals surface area contributed by atoms with Crippen LogP contribution >= 0.6 is 11.6 Å². The monoisotopic (exact) mass is 213 g/mol. The minimum Gasteiger partial charge on any atom is -0.292 e. The van der Waals surface area contributed by atoms with Gasteiger partial charge >= 0.3 is 6.03 Å². The fourth-order valence-electron chi connectivity index (χ4n) is 0.744. The molecule has 0 unspecified atom stereocenters. The lowest BCUT2D eigenvalue weighted by molar-refractivity contribution is -0.117. The average molecular weight is 214 g/mol. The molecule has 0 atom stereocenters. The molecule has 0 aliphatic carbocycles. The van der Waals surface area contributed by atoms with Gasteiger partial charge in [-0.2, -0.15) is 0 Å². The first-order valence-electron chi connectivity index (χ1n) is 3.80. The second kappa shape index (κ2) is 5.18. The summed E-state index contributed by atoms with van der Waals surface area (Å²) in [5, 5.41) is 4.38. The number of aromatic nitrogens is 1. The van der Waals surface area contributed by atoms with Crippen LogP contribution < -0.4 is 10.6 Å². The minimum atomic E-state index is -0.644. The van der Waals surface area contributed by atoms with E-state index in [1.807, 2.05) is 5.32 Å². The Bertz CT molecular complexity index is 329. The number of hydrogen-bond donors (Lipinski definition) is 2. The number of hydrogen-bond acceptors (Lipinski definition) is 3. The highest BCUT2D eigenvalue weighted by atomic mass is 35.5. The number of carbonyl (C=O) groups is 2. The van der Waals surface area contributed by atoms with Crippen LogP contribution in [0.5, 0.6) is 0 Å². The van der Waals surface area contributed by atoms with Crippen molar-refractivity contribution < 1.29 is 9.59 Å². The van der Waals surface area contributed by atoms with Gasteiger partial charge in [0.15, 0.2) is 0 Å². The van der Waals surface area contributed by atoms with E-state index in [0.29, 0.717) is 5.82 Å². The molecule has 6 heteroatoms.